The fourth-order valence-corrected chi connectivity index (χ4v) is 2.22. The molecule has 1 atom stereocenters. The van der Waals surface area contributed by atoms with Crippen molar-refractivity contribution >= 4 is 0 Å². The minimum atomic E-state index is 0.218. The molecule has 0 saturated carbocycles. The predicted octanol–water partition coefficient (Wildman–Crippen LogP) is 3.53. The fraction of sp³-hybridized carbons (Fsp3) is 0.471. The maximum Gasteiger partial charge on any atom is 0.0534 e. The highest BCUT2D eigenvalue weighted by atomic mass is 15.3. The Hall–Kier alpha value is -1.61. The second kappa shape index (κ2) is 6.23. The number of hydrogen-bond donors (Lipinski definition) is 1. The van der Waals surface area contributed by atoms with Gasteiger partial charge in [0.25, 0.3) is 0 Å². The first-order valence-corrected chi connectivity index (χ1v) is 7.28. The Balaban J connectivity index is 1.87. The van der Waals surface area contributed by atoms with Crippen molar-refractivity contribution in [1.82, 2.24) is 15.1 Å². The zero-order valence-electron chi connectivity index (χ0n) is 12.9. The van der Waals surface area contributed by atoms with Crippen LogP contribution >= 0.6 is 0 Å². The predicted molar refractivity (Wildman–Crippen MR) is 83.8 cm³/mol. The third-order valence-electron chi connectivity index (χ3n) is 3.63. The minimum Gasteiger partial charge on any atom is -0.308 e. The van der Waals surface area contributed by atoms with Gasteiger partial charge in [0.1, 0.15) is 0 Å². The molecule has 0 spiro atoms. The molecule has 20 heavy (non-hydrogen) atoms. The van der Waals surface area contributed by atoms with Gasteiger partial charge in [0.2, 0.25) is 0 Å². The maximum atomic E-state index is 4.20. The highest BCUT2D eigenvalue weighted by Crippen LogP contribution is 2.23. The molecule has 0 aliphatic carbocycles. The average Bonchev–Trinajstić information content (AvgIpc) is 2.91. The van der Waals surface area contributed by atoms with Gasteiger partial charge < -0.3 is 5.32 Å². The molecule has 0 radical (unpaired) electrons. The molecule has 1 heterocycles. The van der Waals surface area contributed by atoms with Crippen molar-refractivity contribution in [1.29, 1.82) is 0 Å². The van der Waals surface area contributed by atoms with E-state index in [1.807, 2.05) is 23.1 Å². The number of rotatable bonds is 5. The van der Waals surface area contributed by atoms with Gasteiger partial charge in [0.15, 0.2) is 0 Å². The van der Waals surface area contributed by atoms with E-state index >= 15 is 0 Å². The highest BCUT2D eigenvalue weighted by Gasteiger charge is 2.13. The lowest BCUT2D eigenvalue weighted by Gasteiger charge is -2.20. The molecule has 0 saturated heterocycles. The lowest BCUT2D eigenvalue weighted by molar-refractivity contribution is 0.507. The molecule has 0 bridgehead atoms. The van der Waals surface area contributed by atoms with Crippen LogP contribution in [0.15, 0.2) is 42.7 Å². The van der Waals surface area contributed by atoms with Crippen LogP contribution in [-0.4, -0.2) is 16.3 Å². The van der Waals surface area contributed by atoms with Gasteiger partial charge >= 0.3 is 0 Å². The van der Waals surface area contributed by atoms with Crippen molar-refractivity contribution in [2.75, 3.05) is 6.54 Å². The molecule has 1 unspecified atom stereocenters. The zero-order chi connectivity index (χ0) is 14.6. The van der Waals surface area contributed by atoms with E-state index in [2.05, 4.69) is 62.4 Å². The molecule has 1 aromatic heterocycles. The highest BCUT2D eigenvalue weighted by molar-refractivity contribution is 5.28. The SMILES string of the molecule is CC(NCCn1cccn1)c1ccc(C(C)(C)C)cc1. The summed E-state index contributed by atoms with van der Waals surface area (Å²) in [5, 5.41) is 7.74. The van der Waals surface area contributed by atoms with E-state index in [-0.39, 0.29) is 5.41 Å². The van der Waals surface area contributed by atoms with E-state index in [0.717, 1.165) is 13.1 Å². The summed E-state index contributed by atoms with van der Waals surface area (Å²) in [5.41, 5.74) is 2.93. The molecule has 1 N–H and O–H groups in total. The fourth-order valence-electron chi connectivity index (χ4n) is 2.22. The number of benzene rings is 1. The van der Waals surface area contributed by atoms with Crippen LogP contribution in [0.2, 0.25) is 0 Å². The third kappa shape index (κ3) is 3.94. The quantitative estimate of drug-likeness (QED) is 0.901. The van der Waals surface area contributed by atoms with Crippen LogP contribution in [0.5, 0.6) is 0 Å². The van der Waals surface area contributed by atoms with Crippen LogP contribution in [-0.2, 0) is 12.0 Å². The maximum absolute atomic E-state index is 4.20. The normalized spacial score (nSPS) is 13.4. The van der Waals surface area contributed by atoms with Crippen molar-refractivity contribution in [2.24, 2.45) is 0 Å². The molecule has 108 valence electrons. The first-order valence-electron chi connectivity index (χ1n) is 7.28. The first kappa shape index (κ1) is 14.8. The number of aromatic nitrogens is 2. The van der Waals surface area contributed by atoms with Crippen molar-refractivity contribution in [3.8, 4) is 0 Å². The van der Waals surface area contributed by atoms with Gasteiger partial charge in [0, 0.05) is 25.0 Å². The lowest BCUT2D eigenvalue weighted by Crippen LogP contribution is -2.23. The molecule has 0 amide bonds. The van der Waals surface area contributed by atoms with E-state index in [1.165, 1.54) is 11.1 Å². The van der Waals surface area contributed by atoms with E-state index in [0.29, 0.717) is 6.04 Å². The van der Waals surface area contributed by atoms with Gasteiger partial charge in [-0.15, -0.1) is 0 Å². The number of hydrogen-bond acceptors (Lipinski definition) is 2. The third-order valence-corrected chi connectivity index (χ3v) is 3.63. The second-order valence-electron chi connectivity index (χ2n) is 6.32. The lowest BCUT2D eigenvalue weighted by atomic mass is 9.86. The monoisotopic (exact) mass is 271 g/mol. The number of nitrogens with one attached hydrogen (secondary N) is 1. The van der Waals surface area contributed by atoms with Gasteiger partial charge in [-0.3, -0.25) is 4.68 Å². The van der Waals surface area contributed by atoms with Gasteiger partial charge in [-0.2, -0.15) is 5.10 Å². The van der Waals surface area contributed by atoms with Gasteiger partial charge in [-0.1, -0.05) is 45.0 Å². The molecule has 0 fully saturated rings. The van der Waals surface area contributed by atoms with Crippen LogP contribution in [0.3, 0.4) is 0 Å². The Labute approximate surface area is 122 Å². The van der Waals surface area contributed by atoms with Crippen LogP contribution in [0.25, 0.3) is 0 Å². The van der Waals surface area contributed by atoms with E-state index in [1.54, 1.807) is 0 Å². The van der Waals surface area contributed by atoms with Crippen LogP contribution in [0.1, 0.15) is 44.9 Å². The van der Waals surface area contributed by atoms with Crippen LogP contribution in [0, 0.1) is 0 Å². The summed E-state index contributed by atoms with van der Waals surface area (Å²) in [5.74, 6) is 0. The van der Waals surface area contributed by atoms with E-state index in [4.69, 9.17) is 0 Å². The summed E-state index contributed by atoms with van der Waals surface area (Å²) in [6.45, 7) is 10.8. The minimum absolute atomic E-state index is 0.218. The topological polar surface area (TPSA) is 29.9 Å². The summed E-state index contributed by atoms with van der Waals surface area (Å²) in [6, 6.07) is 11.2. The Bertz CT molecular complexity index is 506. The van der Waals surface area contributed by atoms with Crippen LogP contribution < -0.4 is 5.32 Å². The first-order chi connectivity index (χ1) is 9.47. The molecular weight excluding hydrogens is 246 g/mol. The Morgan fingerprint density at radius 3 is 2.45 bits per heavy atom. The Morgan fingerprint density at radius 1 is 1.20 bits per heavy atom. The van der Waals surface area contributed by atoms with E-state index < -0.39 is 0 Å². The van der Waals surface area contributed by atoms with E-state index in [9.17, 15) is 0 Å². The van der Waals surface area contributed by atoms with Crippen LogP contribution in [0.4, 0.5) is 0 Å². The summed E-state index contributed by atoms with van der Waals surface area (Å²) < 4.78 is 1.95. The molecular formula is C17H25N3. The molecule has 3 nitrogen and oxygen atoms in total. The van der Waals surface area contributed by atoms with Gasteiger partial charge in [-0.25, -0.2) is 0 Å². The summed E-state index contributed by atoms with van der Waals surface area (Å²) in [6.07, 6.45) is 3.80. The largest absolute Gasteiger partial charge is 0.308 e. The Morgan fingerprint density at radius 2 is 1.90 bits per heavy atom. The van der Waals surface area contributed by atoms with Crippen molar-refractivity contribution in [3.63, 3.8) is 0 Å². The summed E-state index contributed by atoms with van der Waals surface area (Å²) in [4.78, 5) is 0. The molecule has 0 aliphatic heterocycles. The zero-order valence-corrected chi connectivity index (χ0v) is 12.9. The molecule has 1 aromatic carbocycles. The smallest absolute Gasteiger partial charge is 0.0534 e. The van der Waals surface area contributed by atoms with Gasteiger partial charge in [-0.05, 0) is 29.5 Å². The summed E-state index contributed by atoms with van der Waals surface area (Å²) >= 11 is 0. The molecule has 2 rings (SSSR count). The Kier molecular flexibility index (Phi) is 4.61. The van der Waals surface area contributed by atoms with Crippen molar-refractivity contribution < 1.29 is 0 Å². The summed E-state index contributed by atoms with van der Waals surface area (Å²) in [7, 11) is 0. The van der Waals surface area contributed by atoms with Crippen molar-refractivity contribution in [3.05, 3.63) is 53.9 Å². The molecule has 3 heteroatoms. The standard InChI is InChI=1S/C17H25N3/c1-14(18-11-13-20-12-5-10-19-20)15-6-8-16(9-7-15)17(2,3)4/h5-10,12,14,18H,11,13H2,1-4H3. The second-order valence-corrected chi connectivity index (χ2v) is 6.32. The average molecular weight is 271 g/mol. The van der Waals surface area contributed by atoms with Gasteiger partial charge in [0.05, 0.1) is 6.54 Å². The molecule has 0 aliphatic rings. The molecule has 2 aromatic rings. The number of nitrogens with zero attached hydrogens (tertiary/aromatic N) is 2. The van der Waals surface area contributed by atoms with Crippen molar-refractivity contribution in [2.45, 2.75) is 45.7 Å².